The number of likely N-dealkylation sites (N-methyl/N-ethyl adjacent to an activating group) is 1. The number of sulfone groups is 1. The van der Waals surface area contributed by atoms with Gasteiger partial charge >= 0.3 is 5.97 Å². The Bertz CT molecular complexity index is 682. The minimum Gasteiger partial charge on any atom is -0.452 e. The first kappa shape index (κ1) is 17.4. The van der Waals surface area contributed by atoms with Crippen LogP contribution < -0.4 is 0 Å². The summed E-state index contributed by atoms with van der Waals surface area (Å²) in [5.41, 5.74) is 0.945. The second-order valence-electron chi connectivity index (χ2n) is 5.49. The lowest BCUT2D eigenvalue weighted by Crippen LogP contribution is -2.40. The van der Waals surface area contributed by atoms with Gasteiger partial charge in [0.2, 0.25) is 0 Å². The number of nitrogens with zero attached hydrogens (tertiary/aromatic N) is 1. The molecule has 0 aliphatic carbocycles. The molecule has 0 unspecified atom stereocenters. The fraction of sp³-hybridized carbons (Fsp3) is 0.467. The lowest BCUT2D eigenvalue weighted by atomic mass is 10.1. The van der Waals surface area contributed by atoms with E-state index in [2.05, 4.69) is 0 Å². The van der Waals surface area contributed by atoms with E-state index in [1.165, 1.54) is 24.1 Å². The van der Waals surface area contributed by atoms with Gasteiger partial charge in [-0.25, -0.2) is 13.2 Å². The smallest absolute Gasteiger partial charge is 0.338 e. The number of rotatable bonds is 5. The first-order valence-corrected chi connectivity index (χ1v) is 8.97. The zero-order valence-corrected chi connectivity index (χ0v) is 13.6. The van der Waals surface area contributed by atoms with Gasteiger partial charge in [0.05, 0.1) is 23.7 Å². The average molecular weight is 341 g/mol. The van der Waals surface area contributed by atoms with Gasteiger partial charge in [0.15, 0.2) is 16.4 Å². The van der Waals surface area contributed by atoms with E-state index < -0.39 is 28.3 Å². The van der Waals surface area contributed by atoms with Gasteiger partial charge in [0.1, 0.15) is 0 Å². The molecule has 126 valence electrons. The molecule has 2 rings (SSSR count). The molecule has 1 saturated heterocycles. The first-order chi connectivity index (χ1) is 10.8. The van der Waals surface area contributed by atoms with E-state index in [1.807, 2.05) is 0 Å². The van der Waals surface area contributed by atoms with Gasteiger partial charge in [-0.3, -0.25) is 4.79 Å². The molecule has 23 heavy (non-hydrogen) atoms. The molecule has 0 saturated carbocycles. The summed E-state index contributed by atoms with van der Waals surface area (Å²) < 4.78 is 27.8. The fourth-order valence-electron chi connectivity index (χ4n) is 2.34. The van der Waals surface area contributed by atoms with Crippen molar-refractivity contribution in [1.29, 1.82) is 0 Å². The summed E-state index contributed by atoms with van der Waals surface area (Å²) in [6.07, 6.45) is 0.404. The molecule has 8 heteroatoms. The van der Waals surface area contributed by atoms with Gasteiger partial charge in [-0.1, -0.05) is 12.1 Å². The van der Waals surface area contributed by atoms with E-state index in [-0.39, 0.29) is 29.7 Å². The van der Waals surface area contributed by atoms with Crippen LogP contribution in [-0.4, -0.2) is 61.5 Å². The average Bonchev–Trinajstić information content (AvgIpc) is 2.91. The van der Waals surface area contributed by atoms with Gasteiger partial charge in [-0.15, -0.1) is 0 Å². The van der Waals surface area contributed by atoms with Crippen LogP contribution in [-0.2, 0) is 26.0 Å². The molecule has 1 N–H and O–H groups in total. The maximum absolute atomic E-state index is 12.0. The van der Waals surface area contributed by atoms with Gasteiger partial charge in [-0.05, 0) is 24.1 Å². The van der Waals surface area contributed by atoms with Crippen molar-refractivity contribution in [2.75, 3.05) is 25.2 Å². The largest absolute Gasteiger partial charge is 0.452 e. The van der Waals surface area contributed by atoms with Gasteiger partial charge in [0, 0.05) is 13.1 Å². The molecule has 0 aromatic heterocycles. The van der Waals surface area contributed by atoms with Crippen LogP contribution in [0.25, 0.3) is 0 Å². The van der Waals surface area contributed by atoms with Crippen molar-refractivity contribution in [3.05, 3.63) is 35.4 Å². The second-order valence-corrected chi connectivity index (χ2v) is 7.72. The molecular formula is C15H19NO6S. The van der Waals surface area contributed by atoms with Crippen molar-refractivity contribution < 1.29 is 27.9 Å². The van der Waals surface area contributed by atoms with E-state index in [1.54, 1.807) is 12.1 Å². The Morgan fingerprint density at radius 3 is 2.48 bits per heavy atom. The highest BCUT2D eigenvalue weighted by molar-refractivity contribution is 7.91. The molecule has 1 fully saturated rings. The standard InChI is InChI=1S/C15H19NO6S/c1-16(13-6-7-23(20,21)10-13)14(18)9-22-15(19)12-4-2-11(8-17)3-5-12/h2-5,13,17H,6-10H2,1H3/t13-/m1/s1. The van der Waals surface area contributed by atoms with Crippen molar-refractivity contribution in [2.24, 2.45) is 0 Å². The SMILES string of the molecule is CN(C(=O)COC(=O)c1ccc(CO)cc1)[C@@H]1CCS(=O)(=O)C1. The zero-order valence-electron chi connectivity index (χ0n) is 12.8. The van der Waals surface area contributed by atoms with E-state index in [0.29, 0.717) is 12.0 Å². The molecule has 0 spiro atoms. The van der Waals surface area contributed by atoms with Crippen LogP contribution in [0.2, 0.25) is 0 Å². The van der Waals surface area contributed by atoms with Crippen molar-refractivity contribution in [3.8, 4) is 0 Å². The summed E-state index contributed by atoms with van der Waals surface area (Å²) in [7, 11) is -1.57. The maximum Gasteiger partial charge on any atom is 0.338 e. The third-order valence-electron chi connectivity index (χ3n) is 3.85. The number of hydrogen-bond acceptors (Lipinski definition) is 6. The third kappa shape index (κ3) is 4.52. The van der Waals surface area contributed by atoms with Crippen molar-refractivity contribution >= 4 is 21.7 Å². The lowest BCUT2D eigenvalue weighted by molar-refractivity contribution is -0.134. The van der Waals surface area contributed by atoms with Crippen LogP contribution in [0.5, 0.6) is 0 Å². The number of carbonyl (C=O) groups is 2. The highest BCUT2D eigenvalue weighted by atomic mass is 32.2. The molecule has 1 aromatic carbocycles. The normalized spacial score (nSPS) is 19.3. The van der Waals surface area contributed by atoms with Crippen molar-refractivity contribution in [1.82, 2.24) is 4.90 Å². The Kier molecular flexibility index (Phi) is 5.38. The fourth-order valence-corrected chi connectivity index (χ4v) is 4.12. The minimum atomic E-state index is -3.08. The molecule has 1 aromatic rings. The van der Waals surface area contributed by atoms with Gasteiger partial charge < -0.3 is 14.7 Å². The summed E-state index contributed by atoms with van der Waals surface area (Å²) in [6, 6.07) is 5.83. The number of benzene rings is 1. The van der Waals surface area contributed by atoms with Gasteiger partial charge in [0.25, 0.3) is 5.91 Å². The number of ether oxygens (including phenoxy) is 1. The topological polar surface area (TPSA) is 101 Å². The highest BCUT2D eigenvalue weighted by Gasteiger charge is 2.32. The molecule has 1 aliphatic rings. The molecule has 1 heterocycles. The Morgan fingerprint density at radius 1 is 1.30 bits per heavy atom. The Morgan fingerprint density at radius 2 is 1.96 bits per heavy atom. The Balaban J connectivity index is 1.86. The summed E-state index contributed by atoms with van der Waals surface area (Å²) in [5.74, 6) is -1.05. The number of hydrogen-bond donors (Lipinski definition) is 1. The van der Waals surface area contributed by atoms with Crippen LogP contribution in [0.4, 0.5) is 0 Å². The first-order valence-electron chi connectivity index (χ1n) is 7.15. The van der Waals surface area contributed by atoms with Gasteiger partial charge in [-0.2, -0.15) is 0 Å². The molecule has 0 radical (unpaired) electrons. The number of esters is 1. The Labute approximate surface area is 134 Å². The number of aliphatic hydroxyl groups is 1. The summed E-state index contributed by atoms with van der Waals surface area (Å²) >= 11 is 0. The quantitative estimate of drug-likeness (QED) is 0.756. The monoisotopic (exact) mass is 341 g/mol. The van der Waals surface area contributed by atoms with Crippen LogP contribution in [0.1, 0.15) is 22.3 Å². The summed E-state index contributed by atoms with van der Waals surface area (Å²) in [5, 5.41) is 8.94. The summed E-state index contributed by atoms with van der Waals surface area (Å²) in [4.78, 5) is 25.2. The van der Waals surface area contributed by atoms with E-state index in [0.717, 1.165) is 0 Å². The number of amides is 1. The van der Waals surface area contributed by atoms with E-state index in [4.69, 9.17) is 9.84 Å². The summed E-state index contributed by atoms with van der Waals surface area (Å²) in [6.45, 7) is -0.559. The van der Waals surface area contributed by atoms with Crippen molar-refractivity contribution in [3.63, 3.8) is 0 Å². The molecule has 0 bridgehead atoms. The van der Waals surface area contributed by atoms with E-state index >= 15 is 0 Å². The van der Waals surface area contributed by atoms with Crippen LogP contribution >= 0.6 is 0 Å². The second kappa shape index (κ2) is 7.10. The van der Waals surface area contributed by atoms with Crippen molar-refractivity contribution in [2.45, 2.75) is 19.1 Å². The maximum atomic E-state index is 12.0. The highest BCUT2D eigenvalue weighted by Crippen LogP contribution is 2.16. The lowest BCUT2D eigenvalue weighted by Gasteiger charge is -2.23. The molecule has 7 nitrogen and oxygen atoms in total. The zero-order chi connectivity index (χ0) is 17.0. The number of aliphatic hydroxyl groups excluding tert-OH is 1. The molecular weight excluding hydrogens is 322 g/mol. The predicted octanol–water partition coefficient (Wildman–Crippen LogP) is -0.0188. The predicted molar refractivity (Wildman–Crippen MR) is 82.5 cm³/mol. The van der Waals surface area contributed by atoms with Crippen LogP contribution in [0, 0.1) is 0 Å². The van der Waals surface area contributed by atoms with Crippen LogP contribution in [0.15, 0.2) is 24.3 Å². The molecule has 1 atom stereocenters. The Hall–Kier alpha value is -1.93. The minimum absolute atomic E-state index is 0.0498. The molecule has 1 aliphatic heterocycles. The van der Waals surface area contributed by atoms with E-state index in [9.17, 15) is 18.0 Å². The third-order valence-corrected chi connectivity index (χ3v) is 5.60. The number of carbonyl (C=O) groups excluding carboxylic acids is 2. The van der Waals surface area contributed by atoms with Crippen LogP contribution in [0.3, 0.4) is 0 Å². The molecule has 1 amide bonds.